The smallest absolute Gasteiger partial charge is 0.250 e. The van der Waals surface area contributed by atoms with E-state index in [1.54, 1.807) is 36.8 Å². The number of sulfonamides is 1. The van der Waals surface area contributed by atoms with E-state index < -0.39 is 10.0 Å². The minimum Gasteiger partial charge on any atom is -0.346 e. The molecule has 0 spiro atoms. The Labute approximate surface area is 164 Å². The topological polar surface area (TPSA) is 101 Å². The van der Waals surface area contributed by atoms with E-state index in [4.69, 9.17) is 0 Å². The summed E-state index contributed by atoms with van der Waals surface area (Å²) in [5.41, 5.74) is 2.29. The molecule has 0 fully saturated rings. The summed E-state index contributed by atoms with van der Waals surface area (Å²) in [7, 11) is -3.62. The third-order valence-electron chi connectivity index (χ3n) is 3.90. The second-order valence-electron chi connectivity index (χ2n) is 5.59. The summed E-state index contributed by atoms with van der Waals surface area (Å²) in [6.45, 7) is 0.186. The highest BCUT2D eigenvalue weighted by atomic mass is 32.2. The molecule has 0 radical (unpaired) electrons. The SMILES string of the molecule is CSc1nccc(-c2ccc(S(=O)(=O)NCc3c[nH]c4ncccc34)s2)n1. The van der Waals surface area contributed by atoms with Gasteiger partial charge in [0.2, 0.25) is 10.0 Å². The molecule has 0 unspecified atom stereocenters. The van der Waals surface area contributed by atoms with Crippen molar-refractivity contribution in [1.82, 2.24) is 24.7 Å². The number of fused-ring (bicyclic) bond motifs is 1. The predicted molar refractivity (Wildman–Crippen MR) is 107 cm³/mol. The number of hydrogen-bond acceptors (Lipinski definition) is 7. The van der Waals surface area contributed by atoms with Crippen LogP contribution in [-0.2, 0) is 16.6 Å². The van der Waals surface area contributed by atoms with Crippen molar-refractivity contribution in [1.29, 1.82) is 0 Å². The summed E-state index contributed by atoms with van der Waals surface area (Å²) in [5.74, 6) is 0. The predicted octanol–water partition coefficient (Wildman–Crippen LogP) is 3.28. The highest BCUT2D eigenvalue weighted by Crippen LogP contribution is 2.30. The maximum atomic E-state index is 12.7. The van der Waals surface area contributed by atoms with Gasteiger partial charge in [-0.05, 0) is 42.2 Å². The van der Waals surface area contributed by atoms with Gasteiger partial charge in [0, 0.05) is 30.5 Å². The first-order valence-electron chi connectivity index (χ1n) is 7.95. The lowest BCUT2D eigenvalue weighted by Gasteiger charge is -2.04. The van der Waals surface area contributed by atoms with Crippen molar-refractivity contribution in [2.75, 3.05) is 6.26 Å². The van der Waals surface area contributed by atoms with Gasteiger partial charge in [0.15, 0.2) is 5.16 Å². The van der Waals surface area contributed by atoms with Gasteiger partial charge >= 0.3 is 0 Å². The number of rotatable bonds is 6. The summed E-state index contributed by atoms with van der Waals surface area (Å²) >= 11 is 2.62. The van der Waals surface area contributed by atoms with Crippen LogP contribution in [0.2, 0.25) is 0 Å². The van der Waals surface area contributed by atoms with Crippen LogP contribution in [0.5, 0.6) is 0 Å². The number of thioether (sulfide) groups is 1. The quantitative estimate of drug-likeness (QED) is 0.369. The lowest BCUT2D eigenvalue weighted by Crippen LogP contribution is -2.22. The second-order valence-corrected chi connectivity index (χ2v) is 9.44. The van der Waals surface area contributed by atoms with Crippen LogP contribution >= 0.6 is 23.1 Å². The van der Waals surface area contributed by atoms with Crippen molar-refractivity contribution in [3.05, 3.63) is 54.5 Å². The van der Waals surface area contributed by atoms with Crippen molar-refractivity contribution in [2.24, 2.45) is 0 Å². The Morgan fingerprint density at radius 2 is 2.07 bits per heavy atom. The van der Waals surface area contributed by atoms with Crippen molar-refractivity contribution >= 4 is 44.2 Å². The monoisotopic (exact) mass is 417 g/mol. The maximum absolute atomic E-state index is 12.7. The lowest BCUT2D eigenvalue weighted by molar-refractivity contribution is 0.583. The summed E-state index contributed by atoms with van der Waals surface area (Å²) in [5, 5.41) is 1.55. The zero-order valence-electron chi connectivity index (χ0n) is 14.2. The number of pyridine rings is 1. The fourth-order valence-electron chi connectivity index (χ4n) is 2.58. The van der Waals surface area contributed by atoms with Crippen molar-refractivity contribution in [2.45, 2.75) is 15.9 Å². The van der Waals surface area contributed by atoms with Gasteiger partial charge in [-0.15, -0.1) is 11.3 Å². The molecule has 0 saturated carbocycles. The molecule has 0 aliphatic carbocycles. The van der Waals surface area contributed by atoms with E-state index in [-0.39, 0.29) is 10.8 Å². The number of H-pyrrole nitrogens is 1. The van der Waals surface area contributed by atoms with Crippen LogP contribution < -0.4 is 4.72 Å². The largest absolute Gasteiger partial charge is 0.346 e. The van der Waals surface area contributed by atoms with Gasteiger partial charge in [-0.3, -0.25) is 0 Å². The van der Waals surface area contributed by atoms with Gasteiger partial charge in [-0.2, -0.15) is 0 Å². The Kier molecular flexibility index (Phi) is 4.96. The minimum atomic E-state index is -3.62. The van der Waals surface area contributed by atoms with Crippen molar-refractivity contribution in [3.63, 3.8) is 0 Å². The van der Waals surface area contributed by atoms with E-state index in [9.17, 15) is 8.42 Å². The molecule has 2 N–H and O–H groups in total. The molecule has 10 heteroatoms. The van der Waals surface area contributed by atoms with Crippen LogP contribution in [0.1, 0.15) is 5.56 Å². The Bertz CT molecular complexity index is 1200. The van der Waals surface area contributed by atoms with E-state index >= 15 is 0 Å². The third-order valence-corrected chi connectivity index (χ3v) is 7.47. The Balaban J connectivity index is 1.55. The van der Waals surface area contributed by atoms with E-state index in [1.807, 2.05) is 18.4 Å². The highest BCUT2D eigenvalue weighted by molar-refractivity contribution is 7.98. The molecular weight excluding hydrogens is 402 g/mol. The standard InChI is InChI=1S/C17H15N5O2S3/c1-25-17-19-8-6-13(22-17)14-4-5-15(26-14)27(23,24)21-10-11-9-20-16-12(11)3-2-7-18-16/h2-9,21H,10H2,1H3,(H,18,20). The van der Waals surface area contributed by atoms with Gasteiger partial charge in [-0.1, -0.05) is 11.8 Å². The number of nitrogens with one attached hydrogen (secondary N) is 2. The van der Waals surface area contributed by atoms with Gasteiger partial charge in [0.25, 0.3) is 0 Å². The van der Waals surface area contributed by atoms with Gasteiger partial charge < -0.3 is 4.98 Å². The summed E-state index contributed by atoms with van der Waals surface area (Å²) in [6, 6.07) is 8.87. The zero-order chi connectivity index (χ0) is 18.9. The highest BCUT2D eigenvalue weighted by Gasteiger charge is 2.18. The minimum absolute atomic E-state index is 0.186. The molecule has 0 aliphatic rings. The van der Waals surface area contributed by atoms with Crippen LogP contribution in [-0.4, -0.2) is 34.6 Å². The van der Waals surface area contributed by atoms with Gasteiger partial charge in [0.05, 0.1) is 10.6 Å². The van der Waals surface area contributed by atoms with Crippen LogP contribution in [0.3, 0.4) is 0 Å². The molecule has 4 rings (SSSR count). The molecule has 4 aromatic heterocycles. The molecular formula is C17H15N5O2S3. The molecule has 138 valence electrons. The van der Waals surface area contributed by atoms with Crippen LogP contribution in [0.25, 0.3) is 21.6 Å². The van der Waals surface area contributed by atoms with Crippen LogP contribution in [0.15, 0.2) is 58.3 Å². The normalized spacial score (nSPS) is 11.9. The molecule has 0 bridgehead atoms. The average Bonchev–Trinajstić information content (AvgIpc) is 3.34. The van der Waals surface area contributed by atoms with Crippen LogP contribution in [0.4, 0.5) is 0 Å². The average molecular weight is 418 g/mol. The Morgan fingerprint density at radius 3 is 2.93 bits per heavy atom. The fourth-order valence-corrected chi connectivity index (χ4v) is 5.26. The molecule has 0 atom stereocenters. The molecule has 4 aromatic rings. The van der Waals surface area contributed by atoms with Gasteiger partial charge in [0.1, 0.15) is 9.86 Å². The molecule has 0 aliphatic heterocycles. The molecule has 0 amide bonds. The zero-order valence-corrected chi connectivity index (χ0v) is 16.7. The maximum Gasteiger partial charge on any atom is 0.250 e. The summed E-state index contributed by atoms with van der Waals surface area (Å²) in [6.07, 6.45) is 7.03. The second kappa shape index (κ2) is 7.39. The summed E-state index contributed by atoms with van der Waals surface area (Å²) < 4.78 is 28.2. The number of nitrogens with zero attached hydrogens (tertiary/aromatic N) is 3. The first kappa shape index (κ1) is 18.1. The molecule has 4 heterocycles. The first-order chi connectivity index (χ1) is 13.1. The van der Waals surface area contributed by atoms with Crippen LogP contribution in [0, 0.1) is 0 Å². The van der Waals surface area contributed by atoms with E-state index in [0.717, 1.165) is 21.5 Å². The molecule has 0 aromatic carbocycles. The number of aromatic nitrogens is 4. The first-order valence-corrected chi connectivity index (χ1v) is 11.5. The van der Waals surface area contributed by atoms with E-state index in [2.05, 4.69) is 24.7 Å². The lowest BCUT2D eigenvalue weighted by atomic mass is 10.2. The summed E-state index contributed by atoms with van der Waals surface area (Å²) in [4.78, 5) is 16.6. The number of aromatic amines is 1. The third kappa shape index (κ3) is 3.74. The number of hydrogen-bond donors (Lipinski definition) is 2. The van der Waals surface area contributed by atoms with Crippen molar-refractivity contribution < 1.29 is 8.42 Å². The molecule has 7 nitrogen and oxygen atoms in total. The van der Waals surface area contributed by atoms with E-state index in [0.29, 0.717) is 10.9 Å². The van der Waals surface area contributed by atoms with Gasteiger partial charge in [-0.25, -0.2) is 28.1 Å². The molecule has 27 heavy (non-hydrogen) atoms. The Morgan fingerprint density at radius 1 is 1.19 bits per heavy atom. The Hall–Kier alpha value is -2.27. The van der Waals surface area contributed by atoms with E-state index in [1.165, 1.54) is 23.1 Å². The van der Waals surface area contributed by atoms with Crippen molar-refractivity contribution in [3.8, 4) is 10.6 Å². The molecule has 0 saturated heterocycles. The fraction of sp³-hybridized carbons (Fsp3) is 0.118. The number of thiophene rings is 1.